The molecule has 0 bridgehead atoms. The maximum atomic E-state index is 11.4. The van der Waals surface area contributed by atoms with Crippen LogP contribution in [-0.4, -0.2) is 62.3 Å². The third-order valence-corrected chi connectivity index (χ3v) is 2.79. The highest BCUT2D eigenvalue weighted by Gasteiger charge is 2.14. The van der Waals surface area contributed by atoms with Crippen molar-refractivity contribution in [1.82, 2.24) is 4.90 Å². The zero-order chi connectivity index (χ0) is 18.9. The van der Waals surface area contributed by atoms with Crippen LogP contribution in [0.3, 0.4) is 0 Å². The average molecular weight is 350 g/mol. The number of ether oxygens (including phenoxy) is 3. The molecule has 0 saturated heterocycles. The van der Waals surface area contributed by atoms with Crippen molar-refractivity contribution in [3.63, 3.8) is 0 Å². The van der Waals surface area contributed by atoms with Gasteiger partial charge in [0.15, 0.2) is 19.8 Å². The first-order valence-electron chi connectivity index (χ1n) is 7.33. The van der Waals surface area contributed by atoms with Crippen molar-refractivity contribution in [3.8, 4) is 18.2 Å². The molecule has 0 radical (unpaired) electrons. The van der Waals surface area contributed by atoms with Crippen LogP contribution in [0.5, 0.6) is 0 Å². The number of nitriles is 3. The summed E-state index contributed by atoms with van der Waals surface area (Å²) in [5.41, 5.74) is 0. The molecule has 0 aromatic carbocycles. The van der Waals surface area contributed by atoms with Crippen LogP contribution in [0.25, 0.3) is 0 Å². The maximum absolute atomic E-state index is 11.4. The Kier molecular flexibility index (Phi) is 12.6. The number of hydrogen-bond donors (Lipinski definition) is 0. The van der Waals surface area contributed by atoms with Crippen LogP contribution in [-0.2, 0) is 28.6 Å². The second-order valence-electron chi connectivity index (χ2n) is 4.55. The first-order valence-corrected chi connectivity index (χ1v) is 7.33. The van der Waals surface area contributed by atoms with Crippen LogP contribution in [0, 0.1) is 34.0 Å². The van der Waals surface area contributed by atoms with E-state index in [1.807, 2.05) is 0 Å². The minimum Gasteiger partial charge on any atom is -0.450 e. The van der Waals surface area contributed by atoms with Crippen LogP contribution in [0.1, 0.15) is 19.3 Å². The standard InChI is InChI=1S/C15H18N4O6/c16-4-10-23-13(20)1-7-19(8-2-14(21)24-11-5-17)9-3-15(22)25-12-6-18/h1-3,7-12H2. The fraction of sp³-hybridized carbons (Fsp3) is 0.600. The summed E-state index contributed by atoms with van der Waals surface area (Å²) in [7, 11) is 0. The molecule has 0 aliphatic heterocycles. The van der Waals surface area contributed by atoms with E-state index in [2.05, 4.69) is 14.2 Å². The van der Waals surface area contributed by atoms with Gasteiger partial charge in [0.2, 0.25) is 0 Å². The van der Waals surface area contributed by atoms with Gasteiger partial charge in [0.1, 0.15) is 18.2 Å². The highest BCUT2D eigenvalue weighted by Crippen LogP contribution is 2.01. The molecule has 10 heteroatoms. The van der Waals surface area contributed by atoms with E-state index >= 15 is 0 Å². The van der Waals surface area contributed by atoms with Gasteiger partial charge in [0.25, 0.3) is 0 Å². The van der Waals surface area contributed by atoms with Crippen LogP contribution >= 0.6 is 0 Å². The molecule has 0 unspecified atom stereocenters. The highest BCUT2D eigenvalue weighted by molar-refractivity contribution is 5.71. The lowest BCUT2D eigenvalue weighted by atomic mass is 10.3. The molecule has 0 atom stereocenters. The van der Waals surface area contributed by atoms with Crippen molar-refractivity contribution in [2.45, 2.75) is 19.3 Å². The number of rotatable bonds is 12. The summed E-state index contributed by atoms with van der Waals surface area (Å²) in [6.45, 7) is -0.455. The summed E-state index contributed by atoms with van der Waals surface area (Å²) in [6.07, 6.45) is -0.0769. The molecule has 0 aliphatic carbocycles. The van der Waals surface area contributed by atoms with Gasteiger partial charge in [-0.05, 0) is 0 Å². The molecule has 10 nitrogen and oxygen atoms in total. The summed E-state index contributed by atoms with van der Waals surface area (Å²) in [5, 5.41) is 25.0. The normalized spacial score (nSPS) is 9.36. The number of carbonyl (C=O) groups is 3. The average Bonchev–Trinajstić information content (AvgIpc) is 2.61. The summed E-state index contributed by atoms with van der Waals surface area (Å²) in [5.74, 6) is -1.73. The van der Waals surface area contributed by atoms with Gasteiger partial charge in [-0.1, -0.05) is 0 Å². The van der Waals surface area contributed by atoms with Gasteiger partial charge in [0.05, 0.1) is 19.3 Å². The van der Waals surface area contributed by atoms with Crippen molar-refractivity contribution >= 4 is 17.9 Å². The Morgan fingerprint density at radius 3 is 1.16 bits per heavy atom. The fourth-order valence-corrected chi connectivity index (χ4v) is 1.64. The van der Waals surface area contributed by atoms with Gasteiger partial charge in [0, 0.05) is 19.6 Å². The summed E-state index contributed by atoms with van der Waals surface area (Å²) in [6, 6.07) is 5.02. The van der Waals surface area contributed by atoms with Crippen molar-refractivity contribution < 1.29 is 28.6 Å². The molecule has 0 N–H and O–H groups in total. The molecule has 0 spiro atoms. The number of esters is 3. The summed E-state index contributed by atoms with van der Waals surface area (Å²) >= 11 is 0. The van der Waals surface area contributed by atoms with E-state index in [4.69, 9.17) is 15.8 Å². The van der Waals surface area contributed by atoms with Crippen LogP contribution < -0.4 is 0 Å². The molecule has 0 fully saturated rings. The fourth-order valence-electron chi connectivity index (χ4n) is 1.64. The predicted octanol–water partition coefficient (Wildman–Crippen LogP) is -0.341. The van der Waals surface area contributed by atoms with Gasteiger partial charge < -0.3 is 19.1 Å². The first kappa shape index (κ1) is 21.8. The topological polar surface area (TPSA) is 154 Å². The van der Waals surface area contributed by atoms with Crippen molar-refractivity contribution in [2.75, 3.05) is 39.5 Å². The number of nitrogens with zero attached hydrogens (tertiary/aromatic N) is 4. The predicted molar refractivity (Wildman–Crippen MR) is 80.0 cm³/mol. The van der Waals surface area contributed by atoms with Crippen LogP contribution in [0.15, 0.2) is 0 Å². The Labute approximate surface area is 145 Å². The lowest BCUT2D eigenvalue weighted by molar-refractivity contribution is -0.142. The van der Waals surface area contributed by atoms with Gasteiger partial charge in [-0.3, -0.25) is 14.4 Å². The quantitative estimate of drug-likeness (QED) is 0.337. The van der Waals surface area contributed by atoms with Crippen LogP contribution in [0.4, 0.5) is 0 Å². The van der Waals surface area contributed by atoms with Gasteiger partial charge in [-0.2, -0.15) is 15.8 Å². The van der Waals surface area contributed by atoms with E-state index in [0.717, 1.165) is 0 Å². The monoisotopic (exact) mass is 350 g/mol. The van der Waals surface area contributed by atoms with Gasteiger partial charge in [-0.15, -0.1) is 0 Å². The number of carbonyl (C=O) groups excluding carboxylic acids is 3. The molecule has 0 heterocycles. The maximum Gasteiger partial charge on any atom is 0.308 e. The van der Waals surface area contributed by atoms with Gasteiger partial charge >= 0.3 is 17.9 Å². The third-order valence-electron chi connectivity index (χ3n) is 2.79. The Hall–Kier alpha value is -3.16. The van der Waals surface area contributed by atoms with Crippen molar-refractivity contribution in [2.24, 2.45) is 0 Å². The van der Waals surface area contributed by atoms with Crippen molar-refractivity contribution in [1.29, 1.82) is 15.8 Å². The van der Waals surface area contributed by atoms with E-state index in [9.17, 15) is 14.4 Å². The van der Waals surface area contributed by atoms with E-state index in [1.165, 1.54) is 0 Å². The third kappa shape index (κ3) is 13.0. The molecular weight excluding hydrogens is 332 g/mol. The summed E-state index contributed by atoms with van der Waals surface area (Å²) < 4.78 is 13.9. The van der Waals surface area contributed by atoms with Crippen LogP contribution in [0.2, 0.25) is 0 Å². The Bertz CT molecular complexity index is 491. The molecule has 0 amide bonds. The Balaban J connectivity index is 4.39. The summed E-state index contributed by atoms with van der Waals surface area (Å²) in [4.78, 5) is 35.9. The minimum absolute atomic E-state index is 0.0256. The molecule has 0 rings (SSSR count). The Morgan fingerprint density at radius 2 is 0.920 bits per heavy atom. The molecule has 25 heavy (non-hydrogen) atoms. The smallest absolute Gasteiger partial charge is 0.308 e. The minimum atomic E-state index is -0.578. The zero-order valence-electron chi connectivity index (χ0n) is 13.6. The zero-order valence-corrected chi connectivity index (χ0v) is 13.6. The van der Waals surface area contributed by atoms with Gasteiger partial charge in [-0.25, -0.2) is 0 Å². The highest BCUT2D eigenvalue weighted by atomic mass is 16.5. The van der Waals surface area contributed by atoms with Crippen molar-refractivity contribution in [3.05, 3.63) is 0 Å². The molecule has 0 saturated carbocycles. The second kappa shape index (κ2) is 14.4. The first-order chi connectivity index (χ1) is 12.0. The molecule has 0 aliphatic rings. The SMILES string of the molecule is N#CCOC(=O)CCN(CCC(=O)OCC#N)CCC(=O)OCC#N. The molecular formula is C15H18N4O6. The second-order valence-corrected chi connectivity index (χ2v) is 4.55. The molecule has 0 aromatic heterocycles. The van der Waals surface area contributed by atoms with E-state index < -0.39 is 17.9 Å². The van der Waals surface area contributed by atoms with E-state index in [-0.39, 0.29) is 58.7 Å². The molecule has 134 valence electrons. The largest absolute Gasteiger partial charge is 0.450 e. The van der Waals surface area contributed by atoms with E-state index in [0.29, 0.717) is 0 Å². The Morgan fingerprint density at radius 1 is 0.640 bits per heavy atom. The molecule has 0 aromatic rings. The lowest BCUT2D eigenvalue weighted by Crippen LogP contribution is -2.32. The van der Waals surface area contributed by atoms with E-state index in [1.54, 1.807) is 23.1 Å². The number of hydrogen-bond acceptors (Lipinski definition) is 10. The lowest BCUT2D eigenvalue weighted by Gasteiger charge is -2.20.